The number of hydrogen-bond acceptors (Lipinski definition) is 3. The Labute approximate surface area is 102 Å². The molecule has 98 valence electrons. The number of rotatable bonds is 3. The fourth-order valence-electron chi connectivity index (χ4n) is 2.07. The molecule has 0 saturated carbocycles. The smallest absolute Gasteiger partial charge is 0.323 e. The van der Waals surface area contributed by atoms with Crippen molar-refractivity contribution in [2.24, 2.45) is 0 Å². The van der Waals surface area contributed by atoms with Gasteiger partial charge >= 0.3 is 12.0 Å². The molecule has 0 bridgehead atoms. The quantitative estimate of drug-likeness (QED) is 0.766. The highest BCUT2D eigenvalue weighted by Gasteiger charge is 2.28. The van der Waals surface area contributed by atoms with Crippen LogP contribution in [0.15, 0.2) is 0 Å². The number of piperazine rings is 1. The Balaban J connectivity index is 2.55. The average molecular weight is 243 g/mol. The molecular weight excluding hydrogens is 222 g/mol. The van der Waals surface area contributed by atoms with Gasteiger partial charge in [0.05, 0.1) is 0 Å². The lowest BCUT2D eigenvalue weighted by molar-refractivity contribution is -0.137. The van der Waals surface area contributed by atoms with Crippen molar-refractivity contribution in [3.05, 3.63) is 0 Å². The van der Waals surface area contributed by atoms with Crippen LogP contribution in [-0.4, -0.2) is 78.1 Å². The maximum Gasteiger partial charge on any atom is 0.323 e. The number of hydrogen-bond donors (Lipinski definition) is 1. The number of carboxylic acids is 1. The third-order valence-corrected chi connectivity index (χ3v) is 3.22. The highest BCUT2D eigenvalue weighted by molar-refractivity contribution is 5.80. The molecule has 0 aromatic heterocycles. The maximum absolute atomic E-state index is 12.0. The van der Waals surface area contributed by atoms with Crippen molar-refractivity contribution in [2.75, 3.05) is 40.3 Å². The Bertz CT molecular complexity index is 296. The lowest BCUT2D eigenvalue weighted by Gasteiger charge is -2.40. The van der Waals surface area contributed by atoms with Gasteiger partial charge in [0, 0.05) is 32.7 Å². The molecule has 2 amide bonds. The van der Waals surface area contributed by atoms with E-state index in [0.29, 0.717) is 19.1 Å². The third kappa shape index (κ3) is 3.59. The van der Waals surface area contributed by atoms with Crippen LogP contribution >= 0.6 is 0 Å². The van der Waals surface area contributed by atoms with E-state index in [0.717, 1.165) is 13.0 Å². The molecule has 0 aliphatic carbocycles. The SMILES string of the molecule is CCC1CN(C(=O)N(C)CC(=O)O)CCN1C. The molecule has 1 rings (SSSR count). The summed E-state index contributed by atoms with van der Waals surface area (Å²) in [4.78, 5) is 27.7. The molecule has 0 aromatic rings. The van der Waals surface area contributed by atoms with Crippen LogP contribution in [0.5, 0.6) is 0 Å². The topological polar surface area (TPSA) is 64.1 Å². The summed E-state index contributed by atoms with van der Waals surface area (Å²) in [6.45, 7) is 4.02. The van der Waals surface area contributed by atoms with E-state index in [1.807, 2.05) is 0 Å². The molecule has 1 aliphatic rings. The zero-order valence-corrected chi connectivity index (χ0v) is 10.7. The standard InChI is InChI=1S/C11H21N3O3/c1-4-9-7-14(6-5-12(9)2)11(17)13(3)8-10(15)16/h9H,4-8H2,1-3H3,(H,15,16). The number of carbonyl (C=O) groups excluding carboxylic acids is 1. The van der Waals surface area contributed by atoms with Gasteiger partial charge in [-0.25, -0.2) is 4.79 Å². The van der Waals surface area contributed by atoms with E-state index < -0.39 is 5.97 Å². The number of carboxylic acid groups (broad SMARTS) is 1. The van der Waals surface area contributed by atoms with Crippen LogP contribution in [0.25, 0.3) is 0 Å². The van der Waals surface area contributed by atoms with Crippen molar-refractivity contribution in [2.45, 2.75) is 19.4 Å². The Kier molecular flexibility index (Phi) is 4.74. The minimum Gasteiger partial charge on any atom is -0.480 e. The molecule has 1 aliphatic heterocycles. The van der Waals surface area contributed by atoms with E-state index in [-0.39, 0.29) is 12.6 Å². The number of nitrogens with zero attached hydrogens (tertiary/aromatic N) is 3. The van der Waals surface area contributed by atoms with Crippen molar-refractivity contribution in [1.29, 1.82) is 0 Å². The average Bonchev–Trinajstić information content (AvgIpc) is 2.27. The predicted octanol–water partition coefficient (Wildman–Crippen LogP) is 0.149. The van der Waals surface area contributed by atoms with Crippen LogP contribution in [0.4, 0.5) is 4.79 Å². The minimum absolute atomic E-state index is 0.195. The van der Waals surface area contributed by atoms with Gasteiger partial charge in [0.25, 0.3) is 0 Å². The first-order chi connectivity index (χ1) is 7.95. The van der Waals surface area contributed by atoms with Gasteiger partial charge in [-0.15, -0.1) is 0 Å². The number of urea groups is 1. The molecule has 17 heavy (non-hydrogen) atoms. The second kappa shape index (κ2) is 5.86. The summed E-state index contributed by atoms with van der Waals surface area (Å²) in [6.07, 6.45) is 0.989. The number of likely N-dealkylation sites (N-methyl/N-ethyl adjacent to an activating group) is 2. The Morgan fingerprint density at radius 3 is 2.59 bits per heavy atom. The highest BCUT2D eigenvalue weighted by atomic mass is 16.4. The van der Waals surface area contributed by atoms with Gasteiger partial charge in [-0.3, -0.25) is 9.69 Å². The molecule has 1 heterocycles. The molecule has 6 heteroatoms. The van der Waals surface area contributed by atoms with Crippen molar-refractivity contribution >= 4 is 12.0 Å². The first-order valence-electron chi connectivity index (χ1n) is 5.87. The number of amides is 2. The monoisotopic (exact) mass is 243 g/mol. The predicted molar refractivity (Wildman–Crippen MR) is 63.9 cm³/mol. The van der Waals surface area contributed by atoms with Gasteiger partial charge in [-0.05, 0) is 13.5 Å². The first-order valence-corrected chi connectivity index (χ1v) is 5.87. The zero-order valence-electron chi connectivity index (χ0n) is 10.7. The van der Waals surface area contributed by atoms with Crippen LogP contribution in [0.1, 0.15) is 13.3 Å². The Hall–Kier alpha value is -1.30. The lowest BCUT2D eigenvalue weighted by atomic mass is 10.1. The summed E-state index contributed by atoms with van der Waals surface area (Å²) in [5.74, 6) is -0.984. The summed E-state index contributed by atoms with van der Waals surface area (Å²) in [5.41, 5.74) is 0. The maximum atomic E-state index is 12.0. The van der Waals surface area contributed by atoms with E-state index in [1.54, 1.807) is 4.90 Å². The normalized spacial score (nSPS) is 21.4. The van der Waals surface area contributed by atoms with Gasteiger partial charge in [-0.1, -0.05) is 6.92 Å². The second-order valence-electron chi connectivity index (χ2n) is 4.52. The molecule has 1 fully saturated rings. The van der Waals surface area contributed by atoms with E-state index in [2.05, 4.69) is 18.9 Å². The second-order valence-corrected chi connectivity index (χ2v) is 4.52. The summed E-state index contributed by atoms with van der Waals surface area (Å²) in [6, 6.07) is 0.171. The summed E-state index contributed by atoms with van der Waals surface area (Å²) in [5, 5.41) is 8.65. The molecule has 0 radical (unpaired) electrons. The van der Waals surface area contributed by atoms with E-state index in [4.69, 9.17) is 5.11 Å². The van der Waals surface area contributed by atoms with Crippen LogP contribution in [0.3, 0.4) is 0 Å². The molecule has 1 unspecified atom stereocenters. The summed E-state index contributed by atoms with van der Waals surface area (Å²) < 4.78 is 0. The van der Waals surface area contributed by atoms with Crippen LogP contribution < -0.4 is 0 Å². The molecular formula is C11H21N3O3. The van der Waals surface area contributed by atoms with Gasteiger partial charge in [0.2, 0.25) is 0 Å². The van der Waals surface area contributed by atoms with E-state index in [1.165, 1.54) is 11.9 Å². The third-order valence-electron chi connectivity index (χ3n) is 3.22. The molecule has 1 N–H and O–H groups in total. The number of aliphatic carboxylic acids is 1. The summed E-state index contributed by atoms with van der Waals surface area (Å²) >= 11 is 0. The van der Waals surface area contributed by atoms with Gasteiger partial charge in [-0.2, -0.15) is 0 Å². The lowest BCUT2D eigenvalue weighted by Crippen LogP contribution is -2.55. The first kappa shape index (κ1) is 13.8. The largest absolute Gasteiger partial charge is 0.480 e. The van der Waals surface area contributed by atoms with Crippen LogP contribution in [-0.2, 0) is 4.79 Å². The zero-order chi connectivity index (χ0) is 13.0. The molecule has 0 aromatic carbocycles. The van der Waals surface area contributed by atoms with E-state index in [9.17, 15) is 9.59 Å². The Morgan fingerprint density at radius 1 is 1.41 bits per heavy atom. The van der Waals surface area contributed by atoms with Gasteiger partial charge in [0.1, 0.15) is 6.54 Å². The minimum atomic E-state index is -0.984. The van der Waals surface area contributed by atoms with Crippen molar-refractivity contribution in [1.82, 2.24) is 14.7 Å². The molecule has 0 spiro atoms. The van der Waals surface area contributed by atoms with Gasteiger partial charge < -0.3 is 14.9 Å². The van der Waals surface area contributed by atoms with Crippen molar-refractivity contribution in [3.8, 4) is 0 Å². The molecule has 1 atom stereocenters. The Morgan fingerprint density at radius 2 is 2.06 bits per heavy atom. The van der Waals surface area contributed by atoms with Crippen molar-refractivity contribution in [3.63, 3.8) is 0 Å². The van der Waals surface area contributed by atoms with Crippen molar-refractivity contribution < 1.29 is 14.7 Å². The number of carbonyl (C=O) groups is 2. The van der Waals surface area contributed by atoms with E-state index >= 15 is 0 Å². The highest BCUT2D eigenvalue weighted by Crippen LogP contribution is 2.12. The van der Waals surface area contributed by atoms with Crippen LogP contribution in [0, 0.1) is 0 Å². The fraction of sp³-hybridized carbons (Fsp3) is 0.818. The molecule has 1 saturated heterocycles. The fourth-order valence-corrected chi connectivity index (χ4v) is 2.07. The molecule has 6 nitrogen and oxygen atoms in total. The van der Waals surface area contributed by atoms with Crippen LogP contribution in [0.2, 0.25) is 0 Å². The van der Waals surface area contributed by atoms with Gasteiger partial charge in [0.15, 0.2) is 0 Å². The summed E-state index contributed by atoms with van der Waals surface area (Å²) in [7, 11) is 3.58.